The molecule has 0 amide bonds. The predicted molar refractivity (Wildman–Crippen MR) is 88.4 cm³/mol. The van der Waals surface area contributed by atoms with Crippen molar-refractivity contribution in [1.82, 2.24) is 14.8 Å². The molecule has 1 aliphatic carbocycles. The van der Waals surface area contributed by atoms with Gasteiger partial charge in [-0.3, -0.25) is 4.68 Å². The smallest absolute Gasteiger partial charge is 0.146 e. The molecule has 0 aromatic carbocycles. The molecule has 120 valence electrons. The predicted octanol–water partition coefficient (Wildman–Crippen LogP) is 2.35. The highest BCUT2D eigenvalue weighted by Crippen LogP contribution is 2.31. The summed E-state index contributed by atoms with van der Waals surface area (Å²) in [5, 5.41) is 22.8. The molecule has 2 aromatic rings. The molecule has 2 aromatic heterocycles. The zero-order valence-corrected chi connectivity index (χ0v) is 13.4. The molecule has 0 radical (unpaired) electrons. The molecule has 1 fully saturated rings. The third kappa shape index (κ3) is 2.51. The van der Waals surface area contributed by atoms with Crippen molar-refractivity contribution < 1.29 is 0 Å². The van der Waals surface area contributed by atoms with Crippen molar-refractivity contribution in [1.29, 1.82) is 10.5 Å². The van der Waals surface area contributed by atoms with Crippen molar-refractivity contribution in [2.24, 2.45) is 0 Å². The zero-order valence-electron chi connectivity index (χ0n) is 13.4. The topological polar surface area (TPSA) is 81.5 Å². The molecule has 4 rings (SSSR count). The van der Waals surface area contributed by atoms with Crippen molar-refractivity contribution >= 4 is 5.82 Å². The summed E-state index contributed by atoms with van der Waals surface area (Å²) in [6.07, 6.45) is 8.74. The number of nitriles is 2. The van der Waals surface area contributed by atoms with Crippen LogP contribution >= 0.6 is 0 Å². The van der Waals surface area contributed by atoms with Crippen LogP contribution in [0.25, 0.3) is 0 Å². The molecule has 0 bridgehead atoms. The maximum Gasteiger partial charge on any atom is 0.146 e. The summed E-state index contributed by atoms with van der Waals surface area (Å²) >= 11 is 0. The van der Waals surface area contributed by atoms with E-state index >= 15 is 0 Å². The van der Waals surface area contributed by atoms with Gasteiger partial charge in [0.1, 0.15) is 18.0 Å². The minimum absolute atomic E-state index is 0.219. The summed E-state index contributed by atoms with van der Waals surface area (Å²) in [5.74, 6) is 0.813. The van der Waals surface area contributed by atoms with E-state index in [0.29, 0.717) is 11.1 Å². The molecule has 6 heteroatoms. The van der Waals surface area contributed by atoms with E-state index in [1.54, 1.807) is 12.4 Å². The summed E-state index contributed by atoms with van der Waals surface area (Å²) in [4.78, 5) is 7.02. The number of rotatable bonds is 2. The SMILES string of the molecule is N#Cc1cnn(C2CCN(c3nc4c(cc3C#N)CCCC4)C2)c1. The van der Waals surface area contributed by atoms with Gasteiger partial charge in [0.15, 0.2) is 0 Å². The van der Waals surface area contributed by atoms with Crippen molar-refractivity contribution in [3.05, 3.63) is 40.8 Å². The first-order valence-electron chi connectivity index (χ1n) is 8.40. The lowest BCUT2D eigenvalue weighted by Crippen LogP contribution is -2.24. The molecule has 1 saturated heterocycles. The summed E-state index contributed by atoms with van der Waals surface area (Å²) in [6.45, 7) is 1.62. The molecule has 1 unspecified atom stereocenters. The standard InChI is InChI=1S/C18H18N6/c19-8-13-10-21-24(11-13)16-5-6-23(12-16)18-15(9-20)7-14-3-1-2-4-17(14)22-18/h7,10-11,16H,1-6,12H2. The van der Waals surface area contributed by atoms with Crippen molar-refractivity contribution in [2.75, 3.05) is 18.0 Å². The van der Waals surface area contributed by atoms with Crippen LogP contribution in [-0.2, 0) is 12.8 Å². The lowest BCUT2D eigenvalue weighted by atomic mass is 9.95. The molecular formula is C18H18N6. The first-order chi connectivity index (χ1) is 11.8. The van der Waals surface area contributed by atoms with Crippen LogP contribution in [0.1, 0.15) is 47.7 Å². The van der Waals surface area contributed by atoms with Crippen molar-refractivity contribution in [2.45, 2.75) is 38.1 Å². The molecule has 0 N–H and O–H groups in total. The minimum Gasteiger partial charge on any atom is -0.353 e. The van der Waals surface area contributed by atoms with Crippen LogP contribution in [0, 0.1) is 22.7 Å². The Morgan fingerprint density at radius 1 is 1.17 bits per heavy atom. The van der Waals surface area contributed by atoms with Gasteiger partial charge in [-0.25, -0.2) is 4.98 Å². The number of nitrogens with zero attached hydrogens (tertiary/aromatic N) is 6. The Morgan fingerprint density at radius 3 is 2.83 bits per heavy atom. The summed E-state index contributed by atoms with van der Waals surface area (Å²) < 4.78 is 1.86. The van der Waals surface area contributed by atoms with E-state index in [-0.39, 0.29) is 6.04 Å². The molecule has 1 atom stereocenters. The first-order valence-corrected chi connectivity index (χ1v) is 8.40. The Morgan fingerprint density at radius 2 is 2.04 bits per heavy atom. The Bertz CT molecular complexity index is 853. The van der Waals surface area contributed by atoms with Gasteiger partial charge in [0.25, 0.3) is 0 Å². The lowest BCUT2D eigenvalue weighted by molar-refractivity contribution is 0.494. The van der Waals surface area contributed by atoms with E-state index in [1.807, 2.05) is 10.7 Å². The van der Waals surface area contributed by atoms with Gasteiger partial charge in [-0.05, 0) is 43.7 Å². The third-order valence-electron chi connectivity index (χ3n) is 4.97. The number of aromatic nitrogens is 3. The highest BCUT2D eigenvalue weighted by Gasteiger charge is 2.28. The monoisotopic (exact) mass is 318 g/mol. The van der Waals surface area contributed by atoms with Gasteiger partial charge < -0.3 is 4.90 Å². The van der Waals surface area contributed by atoms with Gasteiger partial charge in [0, 0.05) is 25.0 Å². The first kappa shape index (κ1) is 14.7. The van der Waals surface area contributed by atoms with Crippen LogP contribution < -0.4 is 4.90 Å². The number of hydrogen-bond donors (Lipinski definition) is 0. The minimum atomic E-state index is 0.219. The average Bonchev–Trinajstić information content (AvgIpc) is 3.29. The van der Waals surface area contributed by atoms with E-state index in [2.05, 4.69) is 22.1 Å². The van der Waals surface area contributed by atoms with Gasteiger partial charge in [-0.2, -0.15) is 15.6 Å². The number of aryl methyl sites for hydroxylation is 2. The van der Waals surface area contributed by atoms with Gasteiger partial charge in [-0.1, -0.05) is 0 Å². The second-order valence-corrected chi connectivity index (χ2v) is 6.49. The Labute approximate surface area is 140 Å². The number of pyridine rings is 1. The molecule has 3 heterocycles. The van der Waals surface area contributed by atoms with E-state index in [9.17, 15) is 5.26 Å². The fourth-order valence-corrected chi connectivity index (χ4v) is 3.69. The van der Waals surface area contributed by atoms with Crippen LogP contribution in [0.2, 0.25) is 0 Å². The van der Waals surface area contributed by atoms with Gasteiger partial charge in [0.05, 0.1) is 23.4 Å². The highest BCUT2D eigenvalue weighted by atomic mass is 15.3. The van der Waals surface area contributed by atoms with E-state index in [0.717, 1.165) is 43.9 Å². The van der Waals surface area contributed by atoms with Crippen LogP contribution in [0.3, 0.4) is 0 Å². The second-order valence-electron chi connectivity index (χ2n) is 6.49. The number of fused-ring (bicyclic) bond motifs is 1. The fourth-order valence-electron chi connectivity index (χ4n) is 3.69. The van der Waals surface area contributed by atoms with E-state index < -0.39 is 0 Å². The Balaban J connectivity index is 1.60. The number of hydrogen-bond acceptors (Lipinski definition) is 5. The normalized spacial score (nSPS) is 19.6. The van der Waals surface area contributed by atoms with Crippen LogP contribution in [0.4, 0.5) is 5.82 Å². The van der Waals surface area contributed by atoms with Crippen LogP contribution in [0.5, 0.6) is 0 Å². The van der Waals surface area contributed by atoms with Gasteiger partial charge in [-0.15, -0.1) is 0 Å². The van der Waals surface area contributed by atoms with Crippen LogP contribution in [0.15, 0.2) is 18.5 Å². The maximum absolute atomic E-state index is 9.53. The van der Waals surface area contributed by atoms with E-state index in [4.69, 9.17) is 10.2 Å². The largest absolute Gasteiger partial charge is 0.353 e. The maximum atomic E-state index is 9.53. The lowest BCUT2D eigenvalue weighted by Gasteiger charge is -2.23. The Hall–Kier alpha value is -2.86. The van der Waals surface area contributed by atoms with Gasteiger partial charge >= 0.3 is 0 Å². The molecule has 24 heavy (non-hydrogen) atoms. The Kier molecular flexibility index (Phi) is 3.66. The zero-order chi connectivity index (χ0) is 16.5. The van der Waals surface area contributed by atoms with E-state index in [1.165, 1.54) is 18.4 Å². The average molecular weight is 318 g/mol. The van der Waals surface area contributed by atoms with Gasteiger partial charge in [0.2, 0.25) is 0 Å². The second kappa shape index (κ2) is 5.98. The summed E-state index contributed by atoms with van der Waals surface area (Å²) in [7, 11) is 0. The fraction of sp³-hybridized carbons (Fsp3) is 0.444. The molecule has 0 spiro atoms. The third-order valence-corrected chi connectivity index (χ3v) is 4.97. The quantitative estimate of drug-likeness (QED) is 0.849. The van der Waals surface area contributed by atoms with Crippen LogP contribution in [-0.4, -0.2) is 27.9 Å². The summed E-state index contributed by atoms with van der Waals surface area (Å²) in [6, 6.07) is 6.69. The summed E-state index contributed by atoms with van der Waals surface area (Å²) in [5.41, 5.74) is 3.65. The molecular weight excluding hydrogens is 300 g/mol. The number of anilines is 1. The molecule has 0 saturated carbocycles. The highest BCUT2D eigenvalue weighted by molar-refractivity contribution is 5.57. The molecule has 6 nitrogen and oxygen atoms in total. The molecule has 1 aliphatic heterocycles. The van der Waals surface area contributed by atoms with Crippen molar-refractivity contribution in [3.8, 4) is 12.1 Å². The molecule has 2 aliphatic rings. The van der Waals surface area contributed by atoms with Crippen molar-refractivity contribution in [3.63, 3.8) is 0 Å².